The first-order chi connectivity index (χ1) is 6.22. The molecular formula is C10H21ClN2O. The molecule has 0 aromatic rings. The first-order valence-electron chi connectivity index (χ1n) is 5.16. The smallest absolute Gasteiger partial charge is 0.148 e. The fraction of sp³-hybridized carbons (Fsp3) is 0.900. The highest BCUT2D eigenvalue weighted by atomic mass is 35.5. The fourth-order valence-electron chi connectivity index (χ4n) is 1.71. The maximum atomic E-state index is 11.3. The summed E-state index contributed by atoms with van der Waals surface area (Å²) in [6, 6.07) is 0. The van der Waals surface area contributed by atoms with Gasteiger partial charge >= 0.3 is 0 Å². The van der Waals surface area contributed by atoms with Gasteiger partial charge in [-0.15, -0.1) is 12.4 Å². The van der Waals surface area contributed by atoms with Crippen LogP contribution in [0.2, 0.25) is 0 Å². The van der Waals surface area contributed by atoms with Crippen molar-refractivity contribution in [2.24, 2.45) is 11.7 Å². The third-order valence-electron chi connectivity index (χ3n) is 2.70. The maximum Gasteiger partial charge on any atom is 0.148 e. The van der Waals surface area contributed by atoms with E-state index in [0.717, 1.165) is 19.0 Å². The van der Waals surface area contributed by atoms with Crippen LogP contribution in [-0.4, -0.2) is 36.9 Å². The molecule has 0 aliphatic carbocycles. The van der Waals surface area contributed by atoms with Crippen molar-refractivity contribution in [3.63, 3.8) is 0 Å². The van der Waals surface area contributed by atoms with Gasteiger partial charge in [-0.1, -0.05) is 6.92 Å². The van der Waals surface area contributed by atoms with Crippen LogP contribution in [0.5, 0.6) is 0 Å². The Bertz CT molecular complexity index is 168. The molecule has 1 fully saturated rings. The standard InChI is InChI=1S/C10H20N2O.ClH/c1-9-3-6-12(7-4-9)8-10(13)2-5-11;/h9H,2-8,11H2,1H3;1H. The van der Waals surface area contributed by atoms with Gasteiger partial charge in [0.25, 0.3) is 0 Å². The fourth-order valence-corrected chi connectivity index (χ4v) is 1.71. The van der Waals surface area contributed by atoms with Crippen molar-refractivity contribution in [3.05, 3.63) is 0 Å². The van der Waals surface area contributed by atoms with E-state index in [1.54, 1.807) is 0 Å². The summed E-state index contributed by atoms with van der Waals surface area (Å²) in [4.78, 5) is 13.5. The normalized spacial score (nSPS) is 19.0. The van der Waals surface area contributed by atoms with Crippen LogP contribution in [0.4, 0.5) is 0 Å². The number of nitrogens with zero attached hydrogens (tertiary/aromatic N) is 1. The summed E-state index contributed by atoms with van der Waals surface area (Å²) in [7, 11) is 0. The van der Waals surface area contributed by atoms with E-state index in [2.05, 4.69) is 11.8 Å². The highest BCUT2D eigenvalue weighted by molar-refractivity contribution is 5.85. The molecule has 0 aromatic carbocycles. The van der Waals surface area contributed by atoms with E-state index in [1.807, 2.05) is 0 Å². The lowest BCUT2D eigenvalue weighted by atomic mass is 9.99. The number of hydrogen-bond donors (Lipinski definition) is 1. The first-order valence-corrected chi connectivity index (χ1v) is 5.16. The largest absolute Gasteiger partial charge is 0.330 e. The Kier molecular flexibility index (Phi) is 7.15. The summed E-state index contributed by atoms with van der Waals surface area (Å²) in [5.74, 6) is 1.12. The number of piperidine rings is 1. The van der Waals surface area contributed by atoms with Crippen LogP contribution in [0.15, 0.2) is 0 Å². The molecule has 0 amide bonds. The quantitative estimate of drug-likeness (QED) is 0.771. The topological polar surface area (TPSA) is 46.3 Å². The highest BCUT2D eigenvalue weighted by Crippen LogP contribution is 2.15. The molecule has 0 radical (unpaired) electrons. The second-order valence-electron chi connectivity index (χ2n) is 4.04. The van der Waals surface area contributed by atoms with Gasteiger partial charge in [0, 0.05) is 6.42 Å². The lowest BCUT2D eigenvalue weighted by Crippen LogP contribution is -2.37. The van der Waals surface area contributed by atoms with Crippen molar-refractivity contribution in [1.29, 1.82) is 0 Å². The second-order valence-corrected chi connectivity index (χ2v) is 4.04. The van der Waals surface area contributed by atoms with Gasteiger partial charge in [0.2, 0.25) is 0 Å². The van der Waals surface area contributed by atoms with Gasteiger partial charge in [0.1, 0.15) is 5.78 Å². The Hall–Kier alpha value is -0.120. The van der Waals surface area contributed by atoms with Crippen LogP contribution >= 0.6 is 12.4 Å². The summed E-state index contributed by atoms with van der Waals surface area (Å²) in [5.41, 5.74) is 5.32. The third kappa shape index (κ3) is 4.94. The van der Waals surface area contributed by atoms with E-state index < -0.39 is 0 Å². The van der Waals surface area contributed by atoms with Gasteiger partial charge in [0.15, 0.2) is 0 Å². The number of likely N-dealkylation sites (tertiary alicyclic amines) is 1. The molecule has 14 heavy (non-hydrogen) atoms. The van der Waals surface area contributed by atoms with Crippen molar-refractivity contribution >= 4 is 18.2 Å². The molecular weight excluding hydrogens is 200 g/mol. The van der Waals surface area contributed by atoms with Gasteiger partial charge < -0.3 is 5.73 Å². The van der Waals surface area contributed by atoms with Crippen molar-refractivity contribution in [3.8, 4) is 0 Å². The Morgan fingerprint density at radius 1 is 1.43 bits per heavy atom. The lowest BCUT2D eigenvalue weighted by Gasteiger charge is -2.29. The molecule has 0 aromatic heterocycles. The summed E-state index contributed by atoms with van der Waals surface area (Å²) in [5, 5.41) is 0. The molecule has 1 aliphatic heterocycles. The predicted molar refractivity (Wildman–Crippen MR) is 60.8 cm³/mol. The van der Waals surface area contributed by atoms with Crippen LogP contribution in [0, 0.1) is 5.92 Å². The van der Waals surface area contributed by atoms with Gasteiger partial charge in [-0.05, 0) is 38.4 Å². The number of carbonyl (C=O) groups is 1. The van der Waals surface area contributed by atoms with Crippen molar-refractivity contribution < 1.29 is 4.79 Å². The van der Waals surface area contributed by atoms with E-state index in [1.165, 1.54) is 12.8 Å². The lowest BCUT2D eigenvalue weighted by molar-refractivity contribution is -0.120. The molecule has 1 heterocycles. The molecule has 1 rings (SSSR count). The average molecular weight is 221 g/mol. The minimum atomic E-state index is 0. The van der Waals surface area contributed by atoms with Gasteiger partial charge in [0.05, 0.1) is 6.54 Å². The van der Waals surface area contributed by atoms with E-state index in [0.29, 0.717) is 19.5 Å². The molecule has 0 bridgehead atoms. The minimum Gasteiger partial charge on any atom is -0.330 e. The SMILES string of the molecule is CC1CCN(CC(=O)CCN)CC1.Cl. The highest BCUT2D eigenvalue weighted by Gasteiger charge is 2.17. The van der Waals surface area contributed by atoms with Gasteiger partial charge in [-0.25, -0.2) is 0 Å². The number of ketones is 1. The Labute approximate surface area is 92.4 Å². The minimum absolute atomic E-state index is 0. The monoisotopic (exact) mass is 220 g/mol. The summed E-state index contributed by atoms with van der Waals surface area (Å²) in [6.07, 6.45) is 3.00. The van der Waals surface area contributed by atoms with Gasteiger partial charge in [-0.3, -0.25) is 9.69 Å². The Morgan fingerprint density at radius 2 is 2.00 bits per heavy atom. The Morgan fingerprint density at radius 3 is 2.50 bits per heavy atom. The molecule has 0 saturated carbocycles. The van der Waals surface area contributed by atoms with Crippen molar-refractivity contribution in [2.45, 2.75) is 26.2 Å². The zero-order valence-electron chi connectivity index (χ0n) is 8.87. The van der Waals surface area contributed by atoms with Crippen LogP contribution in [0.25, 0.3) is 0 Å². The van der Waals surface area contributed by atoms with Gasteiger partial charge in [-0.2, -0.15) is 0 Å². The molecule has 0 unspecified atom stereocenters. The van der Waals surface area contributed by atoms with Crippen molar-refractivity contribution in [1.82, 2.24) is 4.90 Å². The van der Waals surface area contributed by atoms with Crippen LogP contribution in [0.1, 0.15) is 26.2 Å². The molecule has 4 heteroatoms. The zero-order valence-corrected chi connectivity index (χ0v) is 9.68. The van der Waals surface area contributed by atoms with Crippen LogP contribution in [0.3, 0.4) is 0 Å². The number of Topliss-reactive ketones (excluding diaryl/α,β-unsaturated/α-hetero) is 1. The first kappa shape index (κ1) is 13.9. The summed E-state index contributed by atoms with van der Waals surface area (Å²) < 4.78 is 0. The molecule has 0 spiro atoms. The molecule has 0 atom stereocenters. The number of nitrogens with two attached hydrogens (primary N) is 1. The maximum absolute atomic E-state index is 11.3. The molecule has 1 aliphatic rings. The van der Waals surface area contributed by atoms with E-state index in [9.17, 15) is 4.79 Å². The van der Waals surface area contributed by atoms with E-state index in [4.69, 9.17) is 5.73 Å². The molecule has 84 valence electrons. The molecule has 3 nitrogen and oxygen atoms in total. The predicted octanol–water partition coefficient (Wildman–Crippen LogP) is 1.06. The van der Waals surface area contributed by atoms with Crippen molar-refractivity contribution in [2.75, 3.05) is 26.2 Å². The number of halogens is 1. The van der Waals surface area contributed by atoms with E-state index in [-0.39, 0.29) is 18.2 Å². The molecule has 2 N–H and O–H groups in total. The molecule has 1 saturated heterocycles. The van der Waals surface area contributed by atoms with Crippen LogP contribution < -0.4 is 5.73 Å². The second kappa shape index (κ2) is 7.21. The Balaban J connectivity index is 0.00000169. The third-order valence-corrected chi connectivity index (χ3v) is 2.70. The van der Waals surface area contributed by atoms with Crippen LogP contribution in [-0.2, 0) is 4.79 Å². The summed E-state index contributed by atoms with van der Waals surface area (Å²) >= 11 is 0. The number of hydrogen-bond acceptors (Lipinski definition) is 3. The summed E-state index contributed by atoms with van der Waals surface area (Å²) in [6.45, 7) is 5.54. The number of rotatable bonds is 4. The zero-order chi connectivity index (χ0) is 9.68. The average Bonchev–Trinajstić information content (AvgIpc) is 2.09. The number of carbonyl (C=O) groups excluding carboxylic acids is 1. The van der Waals surface area contributed by atoms with E-state index >= 15 is 0 Å².